The summed E-state index contributed by atoms with van der Waals surface area (Å²) in [7, 11) is 0. The third kappa shape index (κ3) is 2.74. The van der Waals surface area contributed by atoms with E-state index >= 15 is 0 Å². The number of nitrogens with one attached hydrogen (secondary N) is 2. The second kappa shape index (κ2) is 6.45. The summed E-state index contributed by atoms with van der Waals surface area (Å²) in [6.45, 7) is 4.69. The molecule has 4 aliphatic carbocycles. The highest BCUT2D eigenvalue weighted by Crippen LogP contribution is 2.68. The molecular formula is C21H36N4O2. The third-order valence-corrected chi connectivity index (χ3v) is 9.34. The molecule has 0 spiro atoms. The molecule has 4 rings (SSSR count). The van der Waals surface area contributed by atoms with E-state index in [1.165, 1.54) is 0 Å². The number of hydrazone groups is 1. The molecule has 0 aliphatic heterocycles. The average molecular weight is 377 g/mol. The van der Waals surface area contributed by atoms with Crippen LogP contribution in [0.2, 0.25) is 0 Å². The summed E-state index contributed by atoms with van der Waals surface area (Å²) >= 11 is 0. The van der Waals surface area contributed by atoms with Gasteiger partial charge in [0, 0.05) is 17.5 Å². The van der Waals surface area contributed by atoms with E-state index in [1.807, 2.05) is 6.21 Å². The molecule has 0 aromatic heterocycles. The summed E-state index contributed by atoms with van der Waals surface area (Å²) in [5.74, 6) is 1.59. The predicted octanol–water partition coefficient (Wildman–Crippen LogP) is 2.59. The van der Waals surface area contributed by atoms with E-state index in [1.54, 1.807) is 0 Å². The van der Waals surface area contributed by atoms with E-state index < -0.39 is 5.60 Å². The Labute approximate surface area is 162 Å². The first-order valence-corrected chi connectivity index (χ1v) is 10.7. The van der Waals surface area contributed by atoms with Gasteiger partial charge in [0.1, 0.15) is 0 Å². The van der Waals surface area contributed by atoms with Crippen molar-refractivity contribution in [1.29, 1.82) is 5.41 Å². The Kier molecular flexibility index (Phi) is 4.58. The monoisotopic (exact) mass is 376 g/mol. The quantitative estimate of drug-likeness (QED) is 0.289. The molecule has 0 aromatic carbocycles. The number of hydrogen-bond donors (Lipinski definition) is 5. The number of guanidine groups is 1. The van der Waals surface area contributed by atoms with Crippen LogP contribution in [0.25, 0.3) is 0 Å². The topological polar surface area (TPSA) is 115 Å². The Morgan fingerprint density at radius 1 is 1.11 bits per heavy atom. The smallest absolute Gasteiger partial charge is 0.206 e. The van der Waals surface area contributed by atoms with Crippen LogP contribution in [0.5, 0.6) is 0 Å². The molecule has 4 fully saturated rings. The van der Waals surface area contributed by atoms with Gasteiger partial charge in [-0.15, -0.1) is 0 Å². The van der Waals surface area contributed by atoms with Crippen LogP contribution in [0.15, 0.2) is 5.10 Å². The highest BCUT2D eigenvalue weighted by molar-refractivity contribution is 5.75. The lowest BCUT2D eigenvalue weighted by Gasteiger charge is -2.63. The molecule has 4 aliphatic rings. The van der Waals surface area contributed by atoms with Crippen molar-refractivity contribution >= 4 is 12.2 Å². The van der Waals surface area contributed by atoms with Crippen molar-refractivity contribution in [3.63, 3.8) is 0 Å². The van der Waals surface area contributed by atoms with E-state index in [9.17, 15) is 10.2 Å². The molecule has 0 heterocycles. The van der Waals surface area contributed by atoms with Gasteiger partial charge in [-0.2, -0.15) is 5.10 Å². The average Bonchev–Trinajstić information content (AvgIpc) is 2.87. The van der Waals surface area contributed by atoms with E-state index in [0.717, 1.165) is 57.8 Å². The maximum atomic E-state index is 12.0. The van der Waals surface area contributed by atoms with Crippen molar-refractivity contribution in [3.05, 3.63) is 0 Å². The van der Waals surface area contributed by atoms with Crippen molar-refractivity contribution in [2.24, 2.45) is 45.3 Å². The van der Waals surface area contributed by atoms with Gasteiger partial charge in [-0.1, -0.05) is 13.8 Å². The summed E-state index contributed by atoms with van der Waals surface area (Å²) in [5, 5.41) is 33.6. The SMILES string of the molecule is C[C@]12CC[C@H](O)C[C@H]1CC[C@@H]1[C@@H]2CC[C@]2(C)[C@@H](C=NNC(=N)N)CC[C@]12O. The molecule has 152 valence electrons. The first-order chi connectivity index (χ1) is 12.7. The Balaban J connectivity index is 1.59. The van der Waals surface area contributed by atoms with Crippen LogP contribution < -0.4 is 11.2 Å². The first kappa shape index (κ1) is 19.2. The molecule has 0 saturated heterocycles. The van der Waals surface area contributed by atoms with Gasteiger partial charge in [-0.05, 0) is 81.0 Å². The van der Waals surface area contributed by atoms with Crippen molar-refractivity contribution < 1.29 is 10.2 Å². The molecule has 6 N–H and O–H groups in total. The number of hydrogen-bond acceptors (Lipinski definition) is 4. The fourth-order valence-corrected chi connectivity index (χ4v) is 7.68. The van der Waals surface area contributed by atoms with Gasteiger partial charge in [-0.3, -0.25) is 5.41 Å². The Morgan fingerprint density at radius 3 is 2.63 bits per heavy atom. The summed E-state index contributed by atoms with van der Waals surface area (Å²) in [5.41, 5.74) is 7.33. The zero-order chi connectivity index (χ0) is 19.4. The molecule has 6 heteroatoms. The number of nitrogens with two attached hydrogens (primary N) is 1. The van der Waals surface area contributed by atoms with E-state index in [0.29, 0.717) is 17.8 Å². The molecule has 4 saturated carbocycles. The molecule has 6 nitrogen and oxygen atoms in total. The highest BCUT2D eigenvalue weighted by Gasteiger charge is 2.66. The highest BCUT2D eigenvalue weighted by atomic mass is 16.3. The summed E-state index contributed by atoms with van der Waals surface area (Å²) < 4.78 is 0. The Morgan fingerprint density at radius 2 is 1.89 bits per heavy atom. The van der Waals surface area contributed by atoms with Crippen LogP contribution in [0, 0.1) is 39.9 Å². The Hall–Kier alpha value is -1.14. The van der Waals surface area contributed by atoms with Gasteiger partial charge in [0.15, 0.2) is 0 Å². The van der Waals surface area contributed by atoms with Gasteiger partial charge in [0.25, 0.3) is 0 Å². The minimum Gasteiger partial charge on any atom is -0.393 e. The lowest BCUT2D eigenvalue weighted by molar-refractivity contribution is -0.206. The predicted molar refractivity (Wildman–Crippen MR) is 106 cm³/mol. The van der Waals surface area contributed by atoms with Crippen LogP contribution >= 0.6 is 0 Å². The second-order valence-corrected chi connectivity index (χ2v) is 10.3. The minimum absolute atomic E-state index is 0.127. The maximum absolute atomic E-state index is 12.0. The molecular weight excluding hydrogens is 340 g/mol. The number of fused-ring (bicyclic) bond motifs is 5. The van der Waals surface area contributed by atoms with Crippen LogP contribution in [-0.4, -0.2) is 34.1 Å². The van der Waals surface area contributed by atoms with Gasteiger partial charge < -0.3 is 15.9 Å². The van der Waals surface area contributed by atoms with Crippen molar-refractivity contribution in [1.82, 2.24) is 5.43 Å². The Bertz CT molecular complexity index is 640. The standard InChI is InChI=1S/C21H36N4O2/c1-19-8-6-15(26)11-13(19)3-4-17-16(19)7-9-20(2)14(5-10-21(17,20)27)12-24-25-18(22)23/h12-17,26-27H,3-11H2,1-2H3,(H4,22,23,25)/t13-,14-,15+,16+,17-,19+,20-,21+/m1/s1. The molecule has 0 amide bonds. The molecule has 0 aromatic rings. The van der Waals surface area contributed by atoms with E-state index in [4.69, 9.17) is 11.1 Å². The van der Waals surface area contributed by atoms with Gasteiger partial charge in [-0.25, -0.2) is 5.43 Å². The number of nitrogens with zero attached hydrogens (tertiary/aromatic N) is 1. The molecule has 0 unspecified atom stereocenters. The van der Waals surface area contributed by atoms with Crippen LogP contribution in [-0.2, 0) is 0 Å². The van der Waals surface area contributed by atoms with Gasteiger partial charge in [0.2, 0.25) is 5.96 Å². The minimum atomic E-state index is -0.632. The number of aliphatic hydroxyl groups is 2. The van der Waals surface area contributed by atoms with Crippen LogP contribution in [0.1, 0.15) is 71.6 Å². The fraction of sp³-hybridized carbons (Fsp3) is 0.905. The molecule has 0 radical (unpaired) electrons. The normalized spacial score (nSPS) is 52.1. The lowest BCUT2D eigenvalue weighted by atomic mass is 9.43. The van der Waals surface area contributed by atoms with E-state index in [2.05, 4.69) is 24.4 Å². The van der Waals surface area contributed by atoms with Crippen LogP contribution in [0.4, 0.5) is 0 Å². The van der Waals surface area contributed by atoms with E-state index in [-0.39, 0.29) is 28.8 Å². The van der Waals surface area contributed by atoms with Crippen molar-refractivity contribution in [2.45, 2.75) is 83.3 Å². The largest absolute Gasteiger partial charge is 0.393 e. The second-order valence-electron chi connectivity index (χ2n) is 10.3. The number of aliphatic hydroxyl groups excluding tert-OH is 1. The zero-order valence-corrected chi connectivity index (χ0v) is 16.7. The summed E-state index contributed by atoms with van der Waals surface area (Å²) in [4.78, 5) is 0. The van der Waals surface area contributed by atoms with Gasteiger partial charge >= 0.3 is 0 Å². The lowest BCUT2D eigenvalue weighted by Crippen LogP contribution is -2.62. The first-order valence-electron chi connectivity index (χ1n) is 10.7. The van der Waals surface area contributed by atoms with Gasteiger partial charge in [0.05, 0.1) is 11.7 Å². The molecule has 27 heavy (non-hydrogen) atoms. The molecule has 0 bridgehead atoms. The molecule has 8 atom stereocenters. The summed E-state index contributed by atoms with van der Waals surface area (Å²) in [6, 6.07) is 0. The maximum Gasteiger partial charge on any atom is 0.206 e. The van der Waals surface area contributed by atoms with Crippen molar-refractivity contribution in [2.75, 3.05) is 0 Å². The summed E-state index contributed by atoms with van der Waals surface area (Å²) in [6.07, 6.45) is 10.9. The third-order valence-electron chi connectivity index (χ3n) is 9.34. The van der Waals surface area contributed by atoms with Crippen molar-refractivity contribution in [3.8, 4) is 0 Å². The number of rotatable bonds is 2. The zero-order valence-electron chi connectivity index (χ0n) is 16.7. The fourth-order valence-electron chi connectivity index (χ4n) is 7.68. The van der Waals surface area contributed by atoms with Crippen LogP contribution in [0.3, 0.4) is 0 Å².